The van der Waals surface area contributed by atoms with E-state index in [-0.39, 0.29) is 5.82 Å². The number of rotatable bonds is 11. The summed E-state index contributed by atoms with van der Waals surface area (Å²) in [6.45, 7) is 0.857. The first-order valence-electron chi connectivity index (χ1n) is 13.0. The molecule has 0 spiro atoms. The standard InChI is InChI=1S/C22H33N5O14P2S/c1-8(2)10-16(32)21(3,38-19(10)27-7-26-13-17(23)24-6-25-18(13)27)5-37-43(36,44)41-42(34,35)40-20-12-15(31)14(30)11(9(29)4-28)22(12,33)39-20/h6-7,9-12,14-16,19-20,28-33H,1,4-5H2,2-3H3,(H,34,35)(H,36,44)(H2,23,24,25)/t9-,10-,11?,12?,14?,15?,16-,19+,20?,21+,22?,43?/m0/s1. The summed E-state index contributed by atoms with van der Waals surface area (Å²) in [5, 5.41) is 61.6. The average molecular weight is 686 g/mol. The van der Waals surface area contributed by atoms with Crippen molar-refractivity contribution in [2.75, 3.05) is 18.9 Å². The van der Waals surface area contributed by atoms with Crippen LogP contribution in [0, 0.1) is 17.8 Å². The Morgan fingerprint density at radius 1 is 1.25 bits per heavy atom. The van der Waals surface area contributed by atoms with Crippen LogP contribution in [0.1, 0.15) is 20.1 Å². The first-order chi connectivity index (χ1) is 20.4. The van der Waals surface area contributed by atoms with Crippen LogP contribution in [0.25, 0.3) is 11.2 Å². The minimum absolute atomic E-state index is 0.122. The van der Waals surface area contributed by atoms with Crippen molar-refractivity contribution in [2.24, 2.45) is 17.8 Å². The molecule has 2 aromatic rings. The van der Waals surface area contributed by atoms with Crippen LogP contribution in [0.15, 0.2) is 24.8 Å². The van der Waals surface area contributed by atoms with Crippen LogP contribution >= 0.6 is 14.5 Å². The molecule has 0 amide bonds. The molecule has 5 rings (SSSR count). The van der Waals surface area contributed by atoms with Gasteiger partial charge in [-0.3, -0.25) is 9.09 Å². The molecule has 2 saturated heterocycles. The summed E-state index contributed by atoms with van der Waals surface area (Å²) in [5.74, 6) is -6.17. The van der Waals surface area contributed by atoms with Crippen molar-refractivity contribution in [1.82, 2.24) is 19.5 Å². The van der Waals surface area contributed by atoms with E-state index in [1.165, 1.54) is 24.1 Å². The van der Waals surface area contributed by atoms with Gasteiger partial charge in [0.2, 0.25) is 0 Å². The van der Waals surface area contributed by atoms with E-state index in [1.807, 2.05) is 0 Å². The van der Waals surface area contributed by atoms with E-state index in [9.17, 15) is 45.0 Å². The molecule has 0 aromatic carbocycles. The van der Waals surface area contributed by atoms with Crippen molar-refractivity contribution in [2.45, 2.75) is 62.2 Å². The molecule has 1 saturated carbocycles. The summed E-state index contributed by atoms with van der Waals surface area (Å²) in [4.78, 5) is 33.2. The van der Waals surface area contributed by atoms with Gasteiger partial charge in [0.25, 0.3) is 0 Å². The van der Waals surface area contributed by atoms with E-state index < -0.39 is 93.8 Å². The SMILES string of the molecule is C=C(C)[C@@H]1[C@H](n2cnc3c(N)ncnc32)O[C@](C)(COP(O)(=S)OP(=O)(O)OC2OC3(O)C2C(O)C(O)C3[C@@H](O)CO)[C@H]1O. The van der Waals surface area contributed by atoms with Crippen molar-refractivity contribution in [3.05, 3.63) is 24.8 Å². The van der Waals surface area contributed by atoms with Crippen LogP contribution in [-0.2, 0) is 39.2 Å². The number of nitrogens with two attached hydrogens (primary N) is 1. The fraction of sp³-hybridized carbons (Fsp3) is 0.682. The Morgan fingerprint density at radius 2 is 1.93 bits per heavy atom. The summed E-state index contributed by atoms with van der Waals surface area (Å²) in [7, 11) is -5.35. The second kappa shape index (κ2) is 11.6. The molecule has 246 valence electrons. The van der Waals surface area contributed by atoms with Gasteiger partial charge in [-0.05, 0) is 25.7 Å². The lowest BCUT2D eigenvalue weighted by Crippen LogP contribution is -2.64. The van der Waals surface area contributed by atoms with Gasteiger partial charge in [-0.2, -0.15) is 0 Å². The van der Waals surface area contributed by atoms with Crippen LogP contribution in [0.5, 0.6) is 0 Å². The van der Waals surface area contributed by atoms with Crippen molar-refractivity contribution < 1.29 is 67.8 Å². The van der Waals surface area contributed by atoms with Crippen LogP contribution in [0.2, 0.25) is 0 Å². The molecule has 0 radical (unpaired) electrons. The summed E-state index contributed by atoms with van der Waals surface area (Å²) in [5.41, 5.74) is 5.39. The minimum atomic E-state index is -5.35. The second-order valence-electron chi connectivity index (χ2n) is 11.1. The highest BCUT2D eigenvalue weighted by Crippen LogP contribution is 2.65. The third-order valence-corrected chi connectivity index (χ3v) is 11.6. The lowest BCUT2D eigenvalue weighted by Gasteiger charge is -2.49. The molecule has 8 unspecified atom stereocenters. The predicted molar refractivity (Wildman–Crippen MR) is 149 cm³/mol. The molecule has 13 atom stereocenters. The zero-order chi connectivity index (χ0) is 32.6. The molecule has 3 fully saturated rings. The number of anilines is 1. The monoisotopic (exact) mass is 685 g/mol. The summed E-state index contributed by atoms with van der Waals surface area (Å²) < 4.78 is 40.3. The summed E-state index contributed by atoms with van der Waals surface area (Å²) in [6, 6.07) is 0. The number of nitrogens with zero attached hydrogens (tertiary/aromatic N) is 4. The van der Waals surface area contributed by atoms with E-state index in [1.54, 1.807) is 6.92 Å². The number of fused-ring (bicyclic) bond motifs is 2. The van der Waals surface area contributed by atoms with Crippen molar-refractivity contribution in [1.29, 1.82) is 0 Å². The number of phosphoric acid groups is 1. The maximum Gasteiger partial charge on any atom is 0.481 e. The maximum atomic E-state index is 12.7. The molecule has 1 aliphatic carbocycles. The fourth-order valence-corrected chi connectivity index (χ4v) is 9.09. The number of nitrogen functional groups attached to an aromatic ring is 1. The number of hydrogen-bond donors (Lipinski definition) is 9. The predicted octanol–water partition coefficient (Wildman–Crippen LogP) is -2.02. The van der Waals surface area contributed by atoms with Gasteiger partial charge in [0, 0.05) is 0 Å². The lowest BCUT2D eigenvalue weighted by molar-refractivity contribution is -0.427. The highest BCUT2D eigenvalue weighted by molar-refractivity contribution is 8.08. The van der Waals surface area contributed by atoms with Gasteiger partial charge in [-0.25, -0.2) is 23.8 Å². The number of phosphoric ester groups is 1. The largest absolute Gasteiger partial charge is 0.481 e. The smallest absolute Gasteiger partial charge is 0.394 e. The Hall–Kier alpha value is -1.55. The first-order valence-corrected chi connectivity index (χ1v) is 17.1. The number of aliphatic hydroxyl groups excluding tert-OH is 5. The molecular weight excluding hydrogens is 652 g/mol. The lowest BCUT2D eigenvalue weighted by atomic mass is 9.86. The van der Waals surface area contributed by atoms with Crippen molar-refractivity contribution >= 4 is 43.3 Å². The average Bonchev–Trinajstić information content (AvgIpc) is 3.50. The normalized spacial score (nSPS) is 40.2. The summed E-state index contributed by atoms with van der Waals surface area (Å²) >= 11 is 4.88. The molecule has 4 heterocycles. The van der Waals surface area contributed by atoms with Gasteiger partial charge in [0.15, 0.2) is 23.5 Å². The molecular formula is C22H33N5O14P2S. The Labute approximate surface area is 254 Å². The zero-order valence-electron chi connectivity index (χ0n) is 23.2. The van der Waals surface area contributed by atoms with Gasteiger partial charge >= 0.3 is 14.5 Å². The highest BCUT2D eigenvalue weighted by Gasteiger charge is 2.73. The van der Waals surface area contributed by atoms with Crippen LogP contribution in [-0.4, -0.2) is 115 Å². The third kappa shape index (κ3) is 5.66. The Morgan fingerprint density at radius 3 is 2.57 bits per heavy atom. The van der Waals surface area contributed by atoms with Gasteiger partial charge in [0.1, 0.15) is 23.7 Å². The molecule has 44 heavy (non-hydrogen) atoms. The van der Waals surface area contributed by atoms with Gasteiger partial charge < -0.3 is 60.2 Å². The molecule has 3 aliphatic rings. The van der Waals surface area contributed by atoms with Crippen molar-refractivity contribution in [3.63, 3.8) is 0 Å². The third-order valence-electron chi connectivity index (χ3n) is 8.09. The van der Waals surface area contributed by atoms with E-state index >= 15 is 0 Å². The Bertz CT molecular complexity index is 1540. The number of aliphatic hydroxyl groups is 6. The molecule has 2 aliphatic heterocycles. The van der Waals surface area contributed by atoms with Gasteiger partial charge in [0.05, 0.1) is 61.7 Å². The molecule has 0 bridgehead atoms. The van der Waals surface area contributed by atoms with E-state index in [0.717, 1.165) is 0 Å². The summed E-state index contributed by atoms with van der Waals surface area (Å²) in [6.07, 6.45) is -6.78. The Balaban J connectivity index is 1.26. The minimum Gasteiger partial charge on any atom is -0.394 e. The molecule has 2 aromatic heterocycles. The highest BCUT2D eigenvalue weighted by atomic mass is 32.5. The topological polar surface area (TPSA) is 295 Å². The van der Waals surface area contributed by atoms with Crippen LogP contribution < -0.4 is 5.73 Å². The number of aromatic nitrogens is 4. The molecule has 10 N–H and O–H groups in total. The quantitative estimate of drug-likeness (QED) is 0.0911. The number of ether oxygens (including phenoxy) is 2. The maximum absolute atomic E-state index is 12.7. The fourth-order valence-electron chi connectivity index (χ4n) is 5.93. The van der Waals surface area contributed by atoms with E-state index in [2.05, 4.69) is 21.5 Å². The van der Waals surface area contributed by atoms with Gasteiger partial charge in [-0.15, -0.1) is 0 Å². The second-order valence-corrected chi connectivity index (χ2v) is 15.5. The number of imidazole rings is 1. The van der Waals surface area contributed by atoms with E-state index in [4.69, 9.17) is 40.4 Å². The molecule has 19 nitrogen and oxygen atoms in total. The number of hydrogen-bond acceptors (Lipinski definition) is 17. The van der Waals surface area contributed by atoms with Crippen molar-refractivity contribution in [3.8, 4) is 0 Å². The van der Waals surface area contributed by atoms with Crippen LogP contribution in [0.3, 0.4) is 0 Å². The molecule has 22 heteroatoms. The Kier molecular flexibility index (Phi) is 8.91. The van der Waals surface area contributed by atoms with Crippen LogP contribution in [0.4, 0.5) is 5.82 Å². The van der Waals surface area contributed by atoms with E-state index in [0.29, 0.717) is 16.7 Å². The zero-order valence-corrected chi connectivity index (χ0v) is 25.8. The first kappa shape index (κ1) is 33.8. The van der Waals surface area contributed by atoms with Gasteiger partial charge in [-0.1, -0.05) is 12.2 Å².